The molecule has 1 unspecified atom stereocenters. The zero-order valence-corrected chi connectivity index (χ0v) is 14.3. The molecule has 0 aliphatic heterocycles. The van der Waals surface area contributed by atoms with Crippen molar-refractivity contribution < 1.29 is 14.7 Å². The second-order valence-electron chi connectivity index (χ2n) is 4.67. The second kappa shape index (κ2) is 7.13. The van der Waals surface area contributed by atoms with Crippen LogP contribution in [0.2, 0.25) is 0 Å². The van der Waals surface area contributed by atoms with E-state index in [1.54, 1.807) is 0 Å². The van der Waals surface area contributed by atoms with Gasteiger partial charge in [0.1, 0.15) is 6.04 Å². The number of carbonyl (C=O) groups excluding carboxylic acids is 1. The molecule has 0 saturated heterocycles. The monoisotopic (exact) mass is 359 g/mol. The van der Waals surface area contributed by atoms with Crippen molar-refractivity contribution in [3.05, 3.63) is 27.7 Å². The summed E-state index contributed by atoms with van der Waals surface area (Å²) in [5.41, 5.74) is 2.20. The van der Waals surface area contributed by atoms with Crippen molar-refractivity contribution in [1.29, 1.82) is 0 Å². The van der Waals surface area contributed by atoms with Crippen LogP contribution in [0.25, 0.3) is 0 Å². The fourth-order valence-corrected chi connectivity index (χ4v) is 3.02. The first-order valence-corrected chi connectivity index (χ1v) is 7.90. The topological polar surface area (TPSA) is 57.6 Å². The lowest BCUT2D eigenvalue weighted by Crippen LogP contribution is -2.41. The largest absolute Gasteiger partial charge is 0.480 e. The van der Waals surface area contributed by atoms with Crippen molar-refractivity contribution in [2.75, 3.05) is 12.8 Å². The van der Waals surface area contributed by atoms with E-state index in [-0.39, 0.29) is 11.7 Å². The molecule has 1 rings (SSSR count). The highest BCUT2D eigenvalue weighted by Gasteiger charge is 2.21. The maximum absolute atomic E-state index is 12.0. The van der Waals surface area contributed by atoms with E-state index in [9.17, 15) is 9.59 Å². The Bertz CT molecular complexity index is 533. The number of carboxylic acid groups (broad SMARTS) is 1. The van der Waals surface area contributed by atoms with Crippen LogP contribution in [0.4, 0.5) is 0 Å². The van der Waals surface area contributed by atoms with Gasteiger partial charge in [-0.3, -0.25) is 4.79 Å². The summed E-state index contributed by atoms with van der Waals surface area (Å²) in [6.45, 7) is 5.48. The molecule has 0 fully saturated rings. The Kier molecular flexibility index (Phi) is 6.07. The molecule has 0 heterocycles. The smallest absolute Gasteiger partial charge is 0.326 e. The molecule has 0 aliphatic carbocycles. The molecule has 0 bridgehead atoms. The Balaban J connectivity index is 2.70. The molecule has 1 amide bonds. The van der Waals surface area contributed by atoms with E-state index in [1.807, 2.05) is 26.0 Å². The van der Waals surface area contributed by atoms with Crippen LogP contribution in [0.3, 0.4) is 0 Å². The number of carbonyl (C=O) groups is 2. The lowest BCUT2D eigenvalue weighted by molar-refractivity contribution is -0.147. The molecular formula is C14H18BrNO3S. The first kappa shape index (κ1) is 17.0. The van der Waals surface area contributed by atoms with Gasteiger partial charge in [-0.15, -0.1) is 11.8 Å². The maximum atomic E-state index is 12.0. The number of hydrogen-bond donors (Lipinski definition) is 1. The Labute approximate surface area is 131 Å². The van der Waals surface area contributed by atoms with Crippen molar-refractivity contribution >= 4 is 39.6 Å². The van der Waals surface area contributed by atoms with Crippen LogP contribution in [0.15, 0.2) is 21.5 Å². The van der Waals surface area contributed by atoms with Gasteiger partial charge in [0.15, 0.2) is 0 Å². The summed E-state index contributed by atoms with van der Waals surface area (Å²) in [4.78, 5) is 25.1. The first-order chi connectivity index (χ1) is 9.23. The van der Waals surface area contributed by atoms with Gasteiger partial charge in [0.05, 0.1) is 5.75 Å². The van der Waals surface area contributed by atoms with Crippen molar-refractivity contribution in [1.82, 2.24) is 4.90 Å². The molecule has 110 valence electrons. The fraction of sp³-hybridized carbons (Fsp3) is 0.429. The predicted octanol–water partition coefficient (Wildman–Crippen LogP) is 3.09. The number of hydrogen-bond acceptors (Lipinski definition) is 3. The van der Waals surface area contributed by atoms with E-state index in [0.717, 1.165) is 20.5 Å². The molecule has 1 atom stereocenters. The highest BCUT2D eigenvalue weighted by molar-refractivity contribution is 9.10. The summed E-state index contributed by atoms with van der Waals surface area (Å²) in [6.07, 6.45) is 0. The number of aliphatic carboxylic acids is 1. The van der Waals surface area contributed by atoms with Crippen LogP contribution in [0.5, 0.6) is 0 Å². The molecule has 20 heavy (non-hydrogen) atoms. The van der Waals surface area contributed by atoms with Gasteiger partial charge in [-0.1, -0.05) is 15.9 Å². The fourth-order valence-electron chi connectivity index (χ4n) is 1.53. The molecule has 0 spiro atoms. The lowest BCUT2D eigenvalue weighted by atomic mass is 10.2. The zero-order chi connectivity index (χ0) is 15.4. The van der Waals surface area contributed by atoms with Crippen molar-refractivity contribution in [3.63, 3.8) is 0 Å². The van der Waals surface area contributed by atoms with E-state index in [4.69, 9.17) is 5.11 Å². The van der Waals surface area contributed by atoms with Crippen molar-refractivity contribution in [2.45, 2.75) is 31.7 Å². The number of halogens is 1. The van der Waals surface area contributed by atoms with Crippen LogP contribution in [-0.4, -0.2) is 40.7 Å². The summed E-state index contributed by atoms with van der Waals surface area (Å²) in [6, 6.07) is 3.24. The number of thioether (sulfide) groups is 1. The molecule has 1 aromatic carbocycles. The SMILES string of the molecule is Cc1cc(SCC(=O)N(C)C(C)C(=O)O)c(C)cc1Br. The molecule has 1 aromatic rings. The second-order valence-corrected chi connectivity index (χ2v) is 6.55. The number of likely N-dealkylation sites (N-methyl/N-ethyl adjacent to an activating group) is 1. The summed E-state index contributed by atoms with van der Waals surface area (Å²) >= 11 is 4.90. The molecule has 1 N–H and O–H groups in total. The van der Waals surface area contributed by atoms with Gasteiger partial charge in [0.25, 0.3) is 0 Å². The highest BCUT2D eigenvalue weighted by Crippen LogP contribution is 2.28. The van der Waals surface area contributed by atoms with Crippen molar-refractivity contribution in [3.8, 4) is 0 Å². The van der Waals surface area contributed by atoms with E-state index in [1.165, 1.54) is 30.6 Å². The number of carboxylic acids is 1. The third-order valence-corrected chi connectivity index (χ3v) is 5.14. The minimum Gasteiger partial charge on any atom is -0.480 e. The average molecular weight is 360 g/mol. The minimum atomic E-state index is -0.999. The summed E-state index contributed by atoms with van der Waals surface area (Å²) in [7, 11) is 1.52. The molecule has 0 saturated carbocycles. The normalized spacial score (nSPS) is 12.1. The third kappa shape index (κ3) is 4.24. The Morgan fingerprint density at radius 1 is 1.35 bits per heavy atom. The summed E-state index contributed by atoms with van der Waals surface area (Å²) in [5, 5.41) is 8.89. The van der Waals surface area contributed by atoms with Gasteiger partial charge in [-0.2, -0.15) is 0 Å². The molecule has 4 nitrogen and oxygen atoms in total. The van der Waals surface area contributed by atoms with Gasteiger partial charge in [-0.05, 0) is 44.0 Å². The third-order valence-electron chi connectivity index (χ3n) is 3.14. The van der Waals surface area contributed by atoms with Crippen LogP contribution >= 0.6 is 27.7 Å². The average Bonchev–Trinajstić information content (AvgIpc) is 2.39. The predicted molar refractivity (Wildman–Crippen MR) is 84.2 cm³/mol. The molecular weight excluding hydrogens is 342 g/mol. The molecule has 0 aromatic heterocycles. The Morgan fingerprint density at radius 2 is 1.95 bits per heavy atom. The zero-order valence-electron chi connectivity index (χ0n) is 11.9. The quantitative estimate of drug-likeness (QED) is 0.820. The van der Waals surface area contributed by atoms with Crippen LogP contribution in [0.1, 0.15) is 18.1 Å². The first-order valence-electron chi connectivity index (χ1n) is 6.12. The van der Waals surface area contributed by atoms with E-state index >= 15 is 0 Å². The highest BCUT2D eigenvalue weighted by atomic mass is 79.9. The maximum Gasteiger partial charge on any atom is 0.326 e. The van der Waals surface area contributed by atoms with Gasteiger partial charge >= 0.3 is 5.97 Å². The van der Waals surface area contributed by atoms with Gasteiger partial charge in [0, 0.05) is 16.4 Å². The number of nitrogens with zero attached hydrogens (tertiary/aromatic N) is 1. The Morgan fingerprint density at radius 3 is 2.50 bits per heavy atom. The number of aryl methyl sites for hydroxylation is 2. The minimum absolute atomic E-state index is 0.190. The molecule has 0 aliphatic rings. The van der Waals surface area contributed by atoms with Gasteiger partial charge in [0.2, 0.25) is 5.91 Å². The summed E-state index contributed by atoms with van der Waals surface area (Å²) < 4.78 is 1.04. The van der Waals surface area contributed by atoms with Crippen molar-refractivity contribution in [2.24, 2.45) is 0 Å². The lowest BCUT2D eigenvalue weighted by Gasteiger charge is -2.21. The standard InChI is InChI=1S/C14H18BrNO3S/c1-8-6-12(9(2)5-11(8)15)20-7-13(17)16(4)10(3)14(18)19/h5-6,10H,7H2,1-4H3,(H,18,19). The van der Waals surface area contributed by atoms with Gasteiger partial charge < -0.3 is 10.0 Å². The number of rotatable bonds is 5. The number of benzene rings is 1. The van der Waals surface area contributed by atoms with E-state index in [0.29, 0.717) is 0 Å². The van der Waals surface area contributed by atoms with E-state index in [2.05, 4.69) is 15.9 Å². The Hall–Kier alpha value is -1.01. The van der Waals surface area contributed by atoms with Crippen LogP contribution in [-0.2, 0) is 9.59 Å². The van der Waals surface area contributed by atoms with E-state index < -0.39 is 12.0 Å². The van der Waals surface area contributed by atoms with Crippen LogP contribution in [0, 0.1) is 13.8 Å². The number of amides is 1. The van der Waals surface area contributed by atoms with Crippen LogP contribution < -0.4 is 0 Å². The molecule has 6 heteroatoms. The molecule has 0 radical (unpaired) electrons. The summed E-state index contributed by atoms with van der Waals surface area (Å²) in [5.74, 6) is -0.956. The van der Waals surface area contributed by atoms with Gasteiger partial charge in [-0.25, -0.2) is 4.79 Å².